The number of unbranched alkanes of at least 4 members (excludes halogenated alkanes) is 2. The first-order valence-corrected chi connectivity index (χ1v) is 5.28. The quantitative estimate of drug-likeness (QED) is 0.474. The molecular weight excluding hydrogens is 210 g/mol. The van der Waals surface area contributed by atoms with Crippen LogP contribution in [-0.4, -0.2) is 16.5 Å². The summed E-state index contributed by atoms with van der Waals surface area (Å²) >= 11 is 5.86. The van der Waals surface area contributed by atoms with E-state index < -0.39 is 0 Å². The number of rotatable bonds is 5. The van der Waals surface area contributed by atoms with Gasteiger partial charge in [0.25, 0.3) is 0 Å². The van der Waals surface area contributed by atoms with Crippen LogP contribution in [0.15, 0.2) is 6.33 Å². The highest BCUT2D eigenvalue weighted by atomic mass is 35.5. The topological polar surface area (TPSA) is 37.8 Å². The summed E-state index contributed by atoms with van der Waals surface area (Å²) in [6.07, 6.45) is 9.50. The van der Waals surface area contributed by atoms with Crippen LogP contribution in [0.2, 0.25) is 5.15 Å². The van der Waals surface area contributed by atoms with E-state index in [0.717, 1.165) is 37.2 Å². The second-order valence-electron chi connectivity index (χ2n) is 3.23. The van der Waals surface area contributed by atoms with Crippen LogP contribution in [0.4, 0.5) is 5.82 Å². The summed E-state index contributed by atoms with van der Waals surface area (Å²) in [4.78, 5) is 7.99. The molecule has 0 bridgehead atoms. The summed E-state index contributed by atoms with van der Waals surface area (Å²) in [5.41, 5.74) is 0.885. The predicted octanol–water partition coefficient (Wildman–Crippen LogP) is 2.65. The summed E-state index contributed by atoms with van der Waals surface area (Å²) in [5, 5.41) is 3.70. The second-order valence-corrected chi connectivity index (χ2v) is 3.58. The third-order valence-electron chi connectivity index (χ3n) is 2.06. The molecule has 0 fully saturated rings. The van der Waals surface area contributed by atoms with E-state index in [-0.39, 0.29) is 0 Å². The van der Waals surface area contributed by atoms with Gasteiger partial charge in [-0.3, -0.25) is 0 Å². The maximum absolute atomic E-state index is 5.86. The van der Waals surface area contributed by atoms with Crippen LogP contribution < -0.4 is 5.32 Å². The third-order valence-corrected chi connectivity index (χ3v) is 2.44. The van der Waals surface area contributed by atoms with E-state index >= 15 is 0 Å². The van der Waals surface area contributed by atoms with E-state index in [9.17, 15) is 0 Å². The molecule has 0 aliphatic rings. The average molecular weight is 224 g/mol. The summed E-state index contributed by atoms with van der Waals surface area (Å²) < 4.78 is 0. The van der Waals surface area contributed by atoms with Crippen molar-refractivity contribution < 1.29 is 0 Å². The molecular formula is C11H14ClN3. The molecule has 0 atom stereocenters. The molecule has 80 valence electrons. The zero-order chi connectivity index (χ0) is 11.1. The normalized spacial score (nSPS) is 9.67. The molecule has 0 saturated heterocycles. The Balaban J connectivity index is 2.38. The van der Waals surface area contributed by atoms with Crippen LogP contribution in [0.1, 0.15) is 24.8 Å². The van der Waals surface area contributed by atoms with Gasteiger partial charge in [-0.1, -0.05) is 11.6 Å². The lowest BCUT2D eigenvalue weighted by atomic mass is 10.2. The van der Waals surface area contributed by atoms with Crippen molar-refractivity contribution in [3.63, 3.8) is 0 Å². The van der Waals surface area contributed by atoms with Crippen LogP contribution in [-0.2, 0) is 0 Å². The van der Waals surface area contributed by atoms with Gasteiger partial charge in [0.05, 0.1) is 0 Å². The molecule has 3 nitrogen and oxygen atoms in total. The lowest BCUT2D eigenvalue weighted by Crippen LogP contribution is -2.05. The molecule has 0 spiro atoms. The molecule has 1 heterocycles. The van der Waals surface area contributed by atoms with Crippen molar-refractivity contribution in [3.05, 3.63) is 17.0 Å². The highest BCUT2D eigenvalue weighted by molar-refractivity contribution is 6.30. The number of hydrogen-bond acceptors (Lipinski definition) is 3. The number of anilines is 1. The molecule has 1 rings (SSSR count). The van der Waals surface area contributed by atoms with Crippen LogP contribution in [0.25, 0.3) is 0 Å². The highest BCUT2D eigenvalue weighted by Gasteiger charge is 2.03. The number of aromatic nitrogens is 2. The maximum Gasteiger partial charge on any atom is 0.137 e. The Morgan fingerprint density at radius 2 is 2.27 bits per heavy atom. The molecule has 15 heavy (non-hydrogen) atoms. The van der Waals surface area contributed by atoms with Gasteiger partial charge in [-0.15, -0.1) is 12.3 Å². The van der Waals surface area contributed by atoms with E-state index in [4.69, 9.17) is 18.0 Å². The molecule has 0 saturated carbocycles. The van der Waals surface area contributed by atoms with E-state index in [1.54, 1.807) is 0 Å². The lowest BCUT2D eigenvalue weighted by molar-refractivity contribution is 0.786. The predicted molar refractivity (Wildman–Crippen MR) is 63.0 cm³/mol. The van der Waals surface area contributed by atoms with Crippen LogP contribution in [0, 0.1) is 19.3 Å². The van der Waals surface area contributed by atoms with Crippen molar-refractivity contribution >= 4 is 17.4 Å². The van der Waals surface area contributed by atoms with Crippen molar-refractivity contribution in [1.29, 1.82) is 0 Å². The number of halogens is 1. The molecule has 1 aromatic rings. The van der Waals surface area contributed by atoms with Gasteiger partial charge in [-0.25, -0.2) is 9.97 Å². The number of hydrogen-bond donors (Lipinski definition) is 1. The first kappa shape index (κ1) is 11.8. The van der Waals surface area contributed by atoms with Gasteiger partial charge < -0.3 is 5.32 Å². The maximum atomic E-state index is 5.86. The van der Waals surface area contributed by atoms with Gasteiger partial charge in [-0.2, -0.15) is 0 Å². The van der Waals surface area contributed by atoms with E-state index in [1.165, 1.54) is 6.33 Å². The molecule has 4 heteroatoms. The molecule has 0 aromatic carbocycles. The fraction of sp³-hybridized carbons (Fsp3) is 0.455. The lowest BCUT2D eigenvalue weighted by Gasteiger charge is -2.07. The molecule has 0 aliphatic heterocycles. The zero-order valence-electron chi connectivity index (χ0n) is 8.76. The first-order chi connectivity index (χ1) is 7.25. The molecule has 1 N–H and O–H groups in total. The molecule has 0 radical (unpaired) electrons. The summed E-state index contributed by atoms with van der Waals surface area (Å²) in [6.45, 7) is 2.75. The Labute approximate surface area is 95.3 Å². The fourth-order valence-corrected chi connectivity index (χ4v) is 1.30. The Kier molecular flexibility index (Phi) is 4.92. The number of terminal acetylenes is 1. The minimum absolute atomic E-state index is 0.496. The van der Waals surface area contributed by atoms with Gasteiger partial charge in [0.1, 0.15) is 17.3 Å². The summed E-state index contributed by atoms with van der Waals surface area (Å²) in [5.74, 6) is 3.41. The van der Waals surface area contributed by atoms with Crippen molar-refractivity contribution in [1.82, 2.24) is 9.97 Å². The standard InChI is InChI=1S/C11H14ClN3/c1-3-4-5-6-7-13-11-9(2)10(12)14-8-15-11/h1,8H,4-7H2,2H3,(H,13,14,15). The summed E-state index contributed by atoms with van der Waals surface area (Å²) in [6, 6.07) is 0. The Hall–Kier alpha value is -1.27. The Morgan fingerprint density at radius 1 is 1.47 bits per heavy atom. The van der Waals surface area contributed by atoms with Gasteiger partial charge in [0, 0.05) is 18.5 Å². The van der Waals surface area contributed by atoms with Gasteiger partial charge in [-0.05, 0) is 19.8 Å². The van der Waals surface area contributed by atoms with Gasteiger partial charge in [0.2, 0.25) is 0 Å². The first-order valence-electron chi connectivity index (χ1n) is 4.90. The minimum atomic E-state index is 0.496. The highest BCUT2D eigenvalue weighted by Crippen LogP contribution is 2.17. The SMILES string of the molecule is C#CCCCCNc1ncnc(Cl)c1C. The third kappa shape index (κ3) is 3.77. The van der Waals surface area contributed by atoms with Crippen molar-refractivity contribution in [2.75, 3.05) is 11.9 Å². The second kappa shape index (κ2) is 6.26. The Bertz CT molecular complexity index is 357. The van der Waals surface area contributed by atoms with E-state index in [2.05, 4.69) is 21.2 Å². The summed E-state index contributed by atoms with van der Waals surface area (Å²) in [7, 11) is 0. The van der Waals surface area contributed by atoms with Crippen molar-refractivity contribution in [3.8, 4) is 12.3 Å². The van der Waals surface area contributed by atoms with E-state index in [0.29, 0.717) is 5.15 Å². The molecule has 1 aromatic heterocycles. The van der Waals surface area contributed by atoms with Crippen LogP contribution in [0.3, 0.4) is 0 Å². The van der Waals surface area contributed by atoms with Crippen molar-refractivity contribution in [2.24, 2.45) is 0 Å². The molecule has 0 aliphatic carbocycles. The fourth-order valence-electron chi connectivity index (χ4n) is 1.17. The van der Waals surface area contributed by atoms with Gasteiger partial charge in [0.15, 0.2) is 0 Å². The zero-order valence-corrected chi connectivity index (χ0v) is 9.51. The van der Waals surface area contributed by atoms with Crippen LogP contribution in [0.5, 0.6) is 0 Å². The van der Waals surface area contributed by atoms with Crippen LogP contribution >= 0.6 is 11.6 Å². The molecule has 0 unspecified atom stereocenters. The van der Waals surface area contributed by atoms with Crippen molar-refractivity contribution in [2.45, 2.75) is 26.2 Å². The monoisotopic (exact) mass is 223 g/mol. The van der Waals surface area contributed by atoms with E-state index in [1.807, 2.05) is 6.92 Å². The smallest absolute Gasteiger partial charge is 0.137 e. The number of nitrogens with one attached hydrogen (secondary N) is 1. The molecule has 0 amide bonds. The van der Waals surface area contributed by atoms with Gasteiger partial charge >= 0.3 is 0 Å². The minimum Gasteiger partial charge on any atom is -0.370 e. The Morgan fingerprint density at radius 3 is 3.00 bits per heavy atom. The number of nitrogens with zero attached hydrogens (tertiary/aromatic N) is 2. The largest absolute Gasteiger partial charge is 0.370 e. The average Bonchev–Trinajstić information content (AvgIpc) is 2.24.